The highest BCUT2D eigenvalue weighted by Crippen LogP contribution is 2.33. The zero-order valence-corrected chi connectivity index (χ0v) is 9.98. The Morgan fingerprint density at radius 2 is 2.33 bits per heavy atom. The SMILES string of the molecule is Nc1cc(Cl)ccc1SC1CCCOC1. The Morgan fingerprint density at radius 3 is 3.00 bits per heavy atom. The van der Waals surface area contributed by atoms with E-state index in [1.807, 2.05) is 12.1 Å². The van der Waals surface area contributed by atoms with E-state index in [2.05, 4.69) is 0 Å². The molecule has 2 N–H and O–H groups in total. The van der Waals surface area contributed by atoms with E-state index in [0.29, 0.717) is 10.3 Å². The summed E-state index contributed by atoms with van der Waals surface area (Å²) in [5.41, 5.74) is 6.65. The second kappa shape index (κ2) is 5.10. The van der Waals surface area contributed by atoms with Gasteiger partial charge in [-0.2, -0.15) is 0 Å². The molecule has 82 valence electrons. The summed E-state index contributed by atoms with van der Waals surface area (Å²) >= 11 is 7.64. The van der Waals surface area contributed by atoms with Crippen LogP contribution >= 0.6 is 23.4 Å². The molecule has 1 fully saturated rings. The van der Waals surface area contributed by atoms with Crippen LogP contribution in [-0.4, -0.2) is 18.5 Å². The summed E-state index contributed by atoms with van der Waals surface area (Å²) in [6, 6.07) is 5.66. The molecule has 1 unspecified atom stereocenters. The average molecular weight is 244 g/mol. The Hall–Kier alpha value is -0.380. The van der Waals surface area contributed by atoms with Crippen molar-refractivity contribution in [3.8, 4) is 0 Å². The third-order valence-corrected chi connectivity index (χ3v) is 3.95. The van der Waals surface area contributed by atoms with Crippen molar-refractivity contribution in [1.29, 1.82) is 0 Å². The van der Waals surface area contributed by atoms with Crippen LogP contribution in [0.3, 0.4) is 0 Å². The van der Waals surface area contributed by atoms with Gasteiger partial charge in [0.15, 0.2) is 0 Å². The quantitative estimate of drug-likeness (QED) is 0.811. The monoisotopic (exact) mass is 243 g/mol. The molecule has 0 saturated carbocycles. The lowest BCUT2D eigenvalue weighted by molar-refractivity contribution is 0.101. The van der Waals surface area contributed by atoms with E-state index in [1.165, 1.54) is 6.42 Å². The highest BCUT2D eigenvalue weighted by molar-refractivity contribution is 8.00. The molecular weight excluding hydrogens is 230 g/mol. The zero-order valence-electron chi connectivity index (χ0n) is 8.41. The molecule has 1 heterocycles. The van der Waals surface area contributed by atoms with Gasteiger partial charge in [0.1, 0.15) is 0 Å². The predicted octanol–water partition coefficient (Wildman–Crippen LogP) is 3.19. The molecule has 1 aromatic carbocycles. The molecule has 15 heavy (non-hydrogen) atoms. The molecule has 4 heteroatoms. The predicted molar refractivity (Wildman–Crippen MR) is 65.6 cm³/mol. The number of thioether (sulfide) groups is 1. The Labute approximate surface area is 99.1 Å². The minimum Gasteiger partial charge on any atom is -0.398 e. The third kappa shape index (κ3) is 3.03. The van der Waals surface area contributed by atoms with Crippen molar-refractivity contribution in [1.82, 2.24) is 0 Å². The van der Waals surface area contributed by atoms with Gasteiger partial charge in [0, 0.05) is 27.5 Å². The highest BCUT2D eigenvalue weighted by Gasteiger charge is 2.16. The summed E-state index contributed by atoms with van der Waals surface area (Å²) in [5, 5.41) is 1.22. The van der Waals surface area contributed by atoms with E-state index in [4.69, 9.17) is 22.1 Å². The normalized spacial score (nSPS) is 21.5. The molecule has 0 amide bonds. The smallest absolute Gasteiger partial charge is 0.0588 e. The maximum atomic E-state index is 5.89. The van der Waals surface area contributed by atoms with Crippen LogP contribution in [0.5, 0.6) is 0 Å². The molecule has 1 aliphatic rings. The first-order chi connectivity index (χ1) is 7.25. The van der Waals surface area contributed by atoms with Gasteiger partial charge in [-0.1, -0.05) is 11.6 Å². The lowest BCUT2D eigenvalue weighted by atomic mass is 10.2. The number of nitrogen functional groups attached to an aromatic ring is 1. The molecule has 0 aromatic heterocycles. The number of halogens is 1. The van der Waals surface area contributed by atoms with Crippen molar-refractivity contribution in [3.05, 3.63) is 23.2 Å². The number of nitrogens with two attached hydrogens (primary N) is 1. The lowest BCUT2D eigenvalue weighted by Gasteiger charge is -2.22. The van der Waals surface area contributed by atoms with Crippen molar-refractivity contribution in [3.63, 3.8) is 0 Å². The summed E-state index contributed by atoms with van der Waals surface area (Å²) in [4.78, 5) is 1.11. The van der Waals surface area contributed by atoms with E-state index in [1.54, 1.807) is 17.8 Å². The molecule has 0 aliphatic carbocycles. The van der Waals surface area contributed by atoms with E-state index >= 15 is 0 Å². The summed E-state index contributed by atoms with van der Waals surface area (Å²) < 4.78 is 5.43. The molecule has 1 saturated heterocycles. The van der Waals surface area contributed by atoms with Gasteiger partial charge in [-0.3, -0.25) is 0 Å². The van der Waals surface area contributed by atoms with E-state index in [0.717, 1.165) is 30.2 Å². The van der Waals surface area contributed by atoms with E-state index in [-0.39, 0.29) is 0 Å². The van der Waals surface area contributed by atoms with Gasteiger partial charge < -0.3 is 10.5 Å². The molecule has 2 rings (SSSR count). The van der Waals surface area contributed by atoms with Crippen LogP contribution in [0.4, 0.5) is 5.69 Å². The maximum absolute atomic E-state index is 5.89. The third-order valence-electron chi connectivity index (χ3n) is 2.38. The van der Waals surface area contributed by atoms with Gasteiger partial charge in [-0.05, 0) is 31.0 Å². The number of rotatable bonds is 2. The average Bonchev–Trinajstić information content (AvgIpc) is 2.24. The van der Waals surface area contributed by atoms with Gasteiger partial charge in [0.2, 0.25) is 0 Å². The standard InChI is InChI=1S/C11H14ClNOS/c12-8-3-4-11(10(13)6-8)15-9-2-1-5-14-7-9/h3-4,6,9H,1-2,5,7,13H2. The van der Waals surface area contributed by atoms with Gasteiger partial charge in [0.05, 0.1) is 6.61 Å². The molecule has 0 bridgehead atoms. The molecule has 0 radical (unpaired) electrons. The number of hydrogen-bond donors (Lipinski definition) is 1. The summed E-state index contributed by atoms with van der Waals surface area (Å²) in [5.74, 6) is 0. The molecule has 1 aliphatic heterocycles. The van der Waals surface area contributed by atoms with Crippen LogP contribution in [0.2, 0.25) is 5.02 Å². The topological polar surface area (TPSA) is 35.2 Å². The summed E-state index contributed by atoms with van der Waals surface area (Å²) in [6.45, 7) is 1.72. The van der Waals surface area contributed by atoms with Gasteiger partial charge in [-0.25, -0.2) is 0 Å². The molecule has 1 atom stereocenters. The van der Waals surface area contributed by atoms with Crippen LogP contribution in [0.1, 0.15) is 12.8 Å². The van der Waals surface area contributed by atoms with Crippen molar-refractivity contribution in [2.75, 3.05) is 18.9 Å². The maximum Gasteiger partial charge on any atom is 0.0588 e. The number of hydrogen-bond acceptors (Lipinski definition) is 3. The minimum absolute atomic E-state index is 0.530. The molecular formula is C11H14ClNOS. The lowest BCUT2D eigenvalue weighted by Crippen LogP contribution is -2.19. The van der Waals surface area contributed by atoms with Crippen molar-refractivity contribution >= 4 is 29.1 Å². The minimum atomic E-state index is 0.530. The summed E-state index contributed by atoms with van der Waals surface area (Å²) in [7, 11) is 0. The van der Waals surface area contributed by atoms with Gasteiger partial charge in [0.25, 0.3) is 0 Å². The number of benzene rings is 1. The first-order valence-corrected chi connectivity index (χ1v) is 6.31. The fraction of sp³-hybridized carbons (Fsp3) is 0.455. The first kappa shape index (κ1) is 11.1. The van der Waals surface area contributed by atoms with Crippen LogP contribution in [-0.2, 0) is 4.74 Å². The van der Waals surface area contributed by atoms with Crippen LogP contribution in [0.25, 0.3) is 0 Å². The second-order valence-corrected chi connectivity index (χ2v) is 5.42. The van der Waals surface area contributed by atoms with E-state index in [9.17, 15) is 0 Å². The Kier molecular flexibility index (Phi) is 3.78. The number of anilines is 1. The summed E-state index contributed by atoms with van der Waals surface area (Å²) in [6.07, 6.45) is 2.35. The van der Waals surface area contributed by atoms with Crippen molar-refractivity contribution in [2.24, 2.45) is 0 Å². The van der Waals surface area contributed by atoms with Crippen LogP contribution < -0.4 is 5.73 Å². The van der Waals surface area contributed by atoms with Crippen LogP contribution in [0.15, 0.2) is 23.1 Å². The van der Waals surface area contributed by atoms with Gasteiger partial charge in [-0.15, -0.1) is 11.8 Å². The van der Waals surface area contributed by atoms with E-state index < -0.39 is 0 Å². The Bertz CT molecular complexity index is 339. The van der Waals surface area contributed by atoms with Crippen molar-refractivity contribution in [2.45, 2.75) is 23.0 Å². The number of ether oxygens (including phenoxy) is 1. The second-order valence-electron chi connectivity index (χ2n) is 3.64. The first-order valence-electron chi connectivity index (χ1n) is 5.05. The van der Waals surface area contributed by atoms with Crippen LogP contribution in [0, 0.1) is 0 Å². The zero-order chi connectivity index (χ0) is 10.7. The molecule has 2 nitrogen and oxygen atoms in total. The van der Waals surface area contributed by atoms with Crippen molar-refractivity contribution < 1.29 is 4.74 Å². The fourth-order valence-corrected chi connectivity index (χ4v) is 2.94. The fourth-order valence-electron chi connectivity index (χ4n) is 1.61. The Morgan fingerprint density at radius 1 is 1.47 bits per heavy atom. The molecule has 0 spiro atoms. The highest BCUT2D eigenvalue weighted by atomic mass is 35.5. The Balaban J connectivity index is 2.03. The largest absolute Gasteiger partial charge is 0.398 e. The molecule has 1 aromatic rings. The van der Waals surface area contributed by atoms with Gasteiger partial charge >= 0.3 is 0 Å².